The van der Waals surface area contributed by atoms with E-state index in [-0.39, 0.29) is 0 Å². The molecule has 1 aromatic carbocycles. The molecule has 2 aliphatic carbocycles. The third-order valence-electron chi connectivity index (χ3n) is 6.22. The van der Waals surface area contributed by atoms with Gasteiger partial charge in [-0.2, -0.15) is 0 Å². The van der Waals surface area contributed by atoms with Crippen molar-refractivity contribution < 1.29 is 9.53 Å². The molecule has 112 valence electrons. The SMILES string of the molecule is COc1ccc2c(c1)[C@]13CCCC[C@@H]1[C@H](C2)N(C=O)CC3. The summed E-state index contributed by atoms with van der Waals surface area (Å²) in [6.45, 7) is 0.918. The second-order valence-electron chi connectivity index (χ2n) is 6.90. The van der Waals surface area contributed by atoms with Crippen molar-refractivity contribution in [3.05, 3.63) is 29.3 Å². The minimum Gasteiger partial charge on any atom is -0.497 e. The number of nitrogens with zero attached hydrogens (tertiary/aromatic N) is 1. The summed E-state index contributed by atoms with van der Waals surface area (Å²) < 4.78 is 5.47. The molecule has 1 heterocycles. The molecule has 1 saturated carbocycles. The van der Waals surface area contributed by atoms with Crippen LogP contribution in [0.4, 0.5) is 0 Å². The topological polar surface area (TPSA) is 29.5 Å². The Labute approximate surface area is 126 Å². The van der Waals surface area contributed by atoms with E-state index in [9.17, 15) is 4.79 Å². The summed E-state index contributed by atoms with van der Waals surface area (Å²) in [7, 11) is 1.75. The molecule has 0 radical (unpaired) electrons. The molecule has 2 fully saturated rings. The molecule has 3 heteroatoms. The van der Waals surface area contributed by atoms with E-state index in [0.717, 1.165) is 31.5 Å². The molecule has 3 nitrogen and oxygen atoms in total. The highest BCUT2D eigenvalue weighted by molar-refractivity contribution is 5.52. The summed E-state index contributed by atoms with van der Waals surface area (Å²) in [5, 5.41) is 0. The van der Waals surface area contributed by atoms with Crippen LogP contribution in [0, 0.1) is 5.92 Å². The van der Waals surface area contributed by atoms with Gasteiger partial charge in [-0.3, -0.25) is 4.79 Å². The van der Waals surface area contributed by atoms with Gasteiger partial charge in [-0.1, -0.05) is 18.9 Å². The quantitative estimate of drug-likeness (QED) is 0.782. The van der Waals surface area contributed by atoms with Crippen molar-refractivity contribution in [2.24, 2.45) is 5.92 Å². The van der Waals surface area contributed by atoms with Crippen LogP contribution in [0.5, 0.6) is 5.75 Å². The summed E-state index contributed by atoms with van der Waals surface area (Å²) in [6.07, 6.45) is 8.40. The Morgan fingerprint density at radius 1 is 1.33 bits per heavy atom. The average Bonchev–Trinajstić information content (AvgIpc) is 2.54. The number of piperidine rings is 1. The van der Waals surface area contributed by atoms with Crippen molar-refractivity contribution in [1.29, 1.82) is 0 Å². The average molecular weight is 285 g/mol. The Kier molecular flexibility index (Phi) is 2.98. The monoisotopic (exact) mass is 285 g/mol. The highest BCUT2D eigenvalue weighted by atomic mass is 16.5. The first-order chi connectivity index (χ1) is 10.3. The lowest BCUT2D eigenvalue weighted by atomic mass is 9.52. The molecule has 4 rings (SSSR count). The Morgan fingerprint density at radius 2 is 2.24 bits per heavy atom. The third kappa shape index (κ3) is 1.76. The molecule has 1 amide bonds. The minimum atomic E-state index is 0.296. The molecule has 3 atom stereocenters. The maximum atomic E-state index is 11.5. The molecule has 21 heavy (non-hydrogen) atoms. The van der Waals surface area contributed by atoms with Gasteiger partial charge in [0.1, 0.15) is 5.75 Å². The van der Waals surface area contributed by atoms with Gasteiger partial charge in [0.05, 0.1) is 7.11 Å². The van der Waals surface area contributed by atoms with E-state index in [2.05, 4.69) is 23.1 Å². The molecule has 1 saturated heterocycles. The van der Waals surface area contributed by atoms with Crippen LogP contribution < -0.4 is 4.74 Å². The number of carbonyl (C=O) groups excluding carboxylic acids is 1. The summed E-state index contributed by atoms with van der Waals surface area (Å²) in [6, 6.07) is 6.99. The number of likely N-dealkylation sites (tertiary alicyclic amines) is 1. The summed E-state index contributed by atoms with van der Waals surface area (Å²) in [5.74, 6) is 1.62. The van der Waals surface area contributed by atoms with Crippen LogP contribution >= 0.6 is 0 Å². The number of ether oxygens (including phenoxy) is 1. The number of hydrogen-bond donors (Lipinski definition) is 0. The Bertz CT molecular complexity index is 570. The number of carbonyl (C=O) groups is 1. The summed E-state index contributed by atoms with van der Waals surface area (Å²) >= 11 is 0. The van der Waals surface area contributed by atoms with Gasteiger partial charge in [0, 0.05) is 18.0 Å². The number of amides is 1. The Balaban J connectivity index is 1.87. The zero-order chi connectivity index (χ0) is 14.4. The van der Waals surface area contributed by atoms with Gasteiger partial charge in [0.2, 0.25) is 6.41 Å². The largest absolute Gasteiger partial charge is 0.497 e. The highest BCUT2D eigenvalue weighted by Crippen LogP contribution is 2.55. The second kappa shape index (κ2) is 4.75. The summed E-state index contributed by atoms with van der Waals surface area (Å²) in [4.78, 5) is 13.5. The lowest BCUT2D eigenvalue weighted by Gasteiger charge is -2.58. The van der Waals surface area contributed by atoms with Crippen molar-refractivity contribution in [3.8, 4) is 5.75 Å². The first kappa shape index (κ1) is 13.2. The van der Waals surface area contributed by atoms with E-state index in [4.69, 9.17) is 4.74 Å². The Morgan fingerprint density at radius 3 is 3.05 bits per heavy atom. The van der Waals surface area contributed by atoms with E-state index >= 15 is 0 Å². The van der Waals surface area contributed by atoms with Crippen LogP contribution in [-0.2, 0) is 16.6 Å². The number of hydrogen-bond acceptors (Lipinski definition) is 2. The lowest BCUT2D eigenvalue weighted by molar-refractivity contribution is -0.126. The fourth-order valence-corrected chi connectivity index (χ4v) is 5.27. The molecule has 0 unspecified atom stereocenters. The van der Waals surface area contributed by atoms with E-state index < -0.39 is 0 Å². The number of benzene rings is 1. The third-order valence-corrected chi connectivity index (χ3v) is 6.22. The van der Waals surface area contributed by atoms with Crippen LogP contribution in [-0.4, -0.2) is 31.0 Å². The van der Waals surface area contributed by atoms with Crippen molar-refractivity contribution in [2.75, 3.05) is 13.7 Å². The van der Waals surface area contributed by atoms with E-state index in [0.29, 0.717) is 17.4 Å². The molecule has 0 N–H and O–H groups in total. The van der Waals surface area contributed by atoms with Crippen molar-refractivity contribution in [2.45, 2.75) is 50.0 Å². The maximum absolute atomic E-state index is 11.5. The van der Waals surface area contributed by atoms with Gasteiger partial charge in [-0.05, 0) is 54.9 Å². The summed E-state index contributed by atoms with van der Waals surface area (Å²) in [5.41, 5.74) is 3.25. The van der Waals surface area contributed by atoms with Crippen molar-refractivity contribution in [1.82, 2.24) is 4.90 Å². The van der Waals surface area contributed by atoms with Gasteiger partial charge < -0.3 is 9.64 Å². The number of rotatable bonds is 2. The zero-order valence-electron chi connectivity index (χ0n) is 12.7. The fraction of sp³-hybridized carbons (Fsp3) is 0.611. The molecule has 1 aromatic rings. The van der Waals surface area contributed by atoms with Gasteiger partial charge in [-0.25, -0.2) is 0 Å². The van der Waals surface area contributed by atoms with E-state index in [1.54, 1.807) is 7.11 Å². The van der Waals surface area contributed by atoms with Crippen LogP contribution in [0.25, 0.3) is 0 Å². The molecule has 3 aliphatic rings. The minimum absolute atomic E-state index is 0.296. The molecular formula is C18H23NO2. The number of methoxy groups -OCH3 is 1. The van der Waals surface area contributed by atoms with Crippen LogP contribution in [0.3, 0.4) is 0 Å². The van der Waals surface area contributed by atoms with Gasteiger partial charge >= 0.3 is 0 Å². The van der Waals surface area contributed by atoms with E-state index in [1.165, 1.54) is 36.8 Å². The predicted molar refractivity (Wildman–Crippen MR) is 81.5 cm³/mol. The van der Waals surface area contributed by atoms with Crippen molar-refractivity contribution in [3.63, 3.8) is 0 Å². The van der Waals surface area contributed by atoms with Crippen LogP contribution in [0.2, 0.25) is 0 Å². The molecule has 2 bridgehead atoms. The predicted octanol–water partition coefficient (Wildman–Crippen LogP) is 2.91. The zero-order valence-corrected chi connectivity index (χ0v) is 12.7. The first-order valence-corrected chi connectivity index (χ1v) is 8.17. The molecule has 0 aromatic heterocycles. The maximum Gasteiger partial charge on any atom is 0.209 e. The van der Waals surface area contributed by atoms with Crippen molar-refractivity contribution >= 4 is 6.41 Å². The van der Waals surface area contributed by atoms with Gasteiger partial charge in [0.25, 0.3) is 0 Å². The highest BCUT2D eigenvalue weighted by Gasteiger charge is 2.53. The Hall–Kier alpha value is -1.51. The van der Waals surface area contributed by atoms with Gasteiger partial charge in [0.15, 0.2) is 0 Å². The molecule has 1 aliphatic heterocycles. The van der Waals surface area contributed by atoms with E-state index in [1.807, 2.05) is 0 Å². The smallest absolute Gasteiger partial charge is 0.209 e. The normalized spacial score (nSPS) is 33.9. The van der Waals surface area contributed by atoms with Crippen LogP contribution in [0.15, 0.2) is 18.2 Å². The first-order valence-electron chi connectivity index (χ1n) is 8.17. The molecule has 0 spiro atoms. The standard InChI is InChI=1S/C18H23NO2/c1-21-14-6-5-13-10-17-15-4-2-3-7-18(15,16(13)11-14)8-9-19(17)12-20/h5-6,11-12,15,17H,2-4,7-10H2,1H3/t15-,17+,18+/m1/s1. The van der Waals surface area contributed by atoms with Crippen LogP contribution in [0.1, 0.15) is 43.2 Å². The second-order valence-corrected chi connectivity index (χ2v) is 6.90. The lowest BCUT2D eigenvalue weighted by Crippen LogP contribution is -2.60. The van der Waals surface area contributed by atoms with Gasteiger partial charge in [-0.15, -0.1) is 0 Å². The fourth-order valence-electron chi connectivity index (χ4n) is 5.27. The molecular weight excluding hydrogens is 262 g/mol. The number of fused-ring (bicyclic) bond motifs is 1.